The Labute approximate surface area is 214 Å². The molecule has 3 heterocycles. The summed E-state index contributed by atoms with van der Waals surface area (Å²) < 4.78 is 26.1. The Bertz CT molecular complexity index is 1160. The Morgan fingerprint density at radius 1 is 1.14 bits per heavy atom. The van der Waals surface area contributed by atoms with Gasteiger partial charge < -0.3 is 19.7 Å². The Hall–Kier alpha value is -2.94. The molecule has 2 amide bonds. The highest BCUT2D eigenvalue weighted by atomic mass is 35.5. The smallest absolute Gasteiger partial charge is 0.258 e. The third-order valence-corrected chi connectivity index (χ3v) is 7.13. The van der Waals surface area contributed by atoms with Gasteiger partial charge in [0.15, 0.2) is 0 Å². The van der Waals surface area contributed by atoms with Crippen LogP contribution in [0.1, 0.15) is 28.8 Å². The number of carbonyl (C=O) groups excluding carboxylic acids is 2. The van der Waals surface area contributed by atoms with Crippen LogP contribution in [0.4, 0.5) is 4.39 Å². The van der Waals surface area contributed by atoms with Gasteiger partial charge in [0.05, 0.1) is 29.4 Å². The molecular formula is C27H29ClFN3O4. The van der Waals surface area contributed by atoms with Gasteiger partial charge in [-0.05, 0) is 36.2 Å². The van der Waals surface area contributed by atoms with Crippen LogP contribution in [-0.2, 0) is 16.1 Å². The van der Waals surface area contributed by atoms with E-state index in [-0.39, 0.29) is 29.0 Å². The van der Waals surface area contributed by atoms with E-state index in [1.807, 2.05) is 12.1 Å². The molecule has 190 valence electrons. The number of hydrogen-bond donors (Lipinski definition) is 1. The van der Waals surface area contributed by atoms with E-state index in [2.05, 4.69) is 16.3 Å². The number of ether oxygens (including phenoxy) is 2. The average molecular weight is 514 g/mol. The van der Waals surface area contributed by atoms with Crippen molar-refractivity contribution in [1.82, 2.24) is 15.1 Å². The van der Waals surface area contributed by atoms with E-state index in [1.165, 1.54) is 12.1 Å². The monoisotopic (exact) mass is 513 g/mol. The van der Waals surface area contributed by atoms with Crippen LogP contribution in [0.25, 0.3) is 0 Å². The van der Waals surface area contributed by atoms with E-state index in [0.717, 1.165) is 12.0 Å². The fourth-order valence-corrected chi connectivity index (χ4v) is 5.04. The topological polar surface area (TPSA) is 71.1 Å². The summed E-state index contributed by atoms with van der Waals surface area (Å²) in [7, 11) is 0. The largest absolute Gasteiger partial charge is 0.493 e. The lowest BCUT2D eigenvalue weighted by molar-refractivity contribution is -0.128. The van der Waals surface area contributed by atoms with Crippen molar-refractivity contribution in [3.05, 3.63) is 76.6 Å². The second-order valence-corrected chi connectivity index (χ2v) is 9.74. The molecule has 1 fully saturated rings. The Balaban J connectivity index is 1.40. The maximum Gasteiger partial charge on any atom is 0.258 e. The molecule has 36 heavy (non-hydrogen) atoms. The molecule has 0 aromatic heterocycles. The Kier molecular flexibility index (Phi) is 7.55. The lowest BCUT2D eigenvalue weighted by Crippen LogP contribution is -2.61. The third-order valence-electron chi connectivity index (χ3n) is 6.83. The average Bonchev–Trinajstić information content (AvgIpc) is 2.89. The summed E-state index contributed by atoms with van der Waals surface area (Å²) in [6.07, 6.45) is 5.26. The van der Waals surface area contributed by atoms with Crippen LogP contribution in [0, 0.1) is 5.82 Å². The highest BCUT2D eigenvalue weighted by molar-refractivity contribution is 6.30. The number of amides is 2. The minimum atomic E-state index is -0.720. The number of rotatable bonds is 2. The van der Waals surface area contributed by atoms with Crippen molar-refractivity contribution in [2.75, 3.05) is 32.8 Å². The first kappa shape index (κ1) is 24.7. The first-order valence-corrected chi connectivity index (χ1v) is 12.6. The fourth-order valence-electron chi connectivity index (χ4n) is 4.92. The molecule has 3 aliphatic heterocycles. The molecule has 1 saturated heterocycles. The van der Waals surface area contributed by atoms with Crippen LogP contribution < -0.4 is 10.1 Å². The van der Waals surface area contributed by atoms with Crippen molar-refractivity contribution in [2.24, 2.45) is 0 Å². The number of benzene rings is 2. The van der Waals surface area contributed by atoms with Gasteiger partial charge in [-0.2, -0.15) is 0 Å². The number of nitrogens with zero attached hydrogens (tertiary/aromatic N) is 2. The maximum atomic E-state index is 14.0. The first-order valence-electron chi connectivity index (χ1n) is 12.3. The third kappa shape index (κ3) is 5.56. The van der Waals surface area contributed by atoms with E-state index in [0.29, 0.717) is 57.1 Å². The van der Waals surface area contributed by atoms with Gasteiger partial charge >= 0.3 is 0 Å². The summed E-state index contributed by atoms with van der Waals surface area (Å²) in [4.78, 5) is 30.8. The van der Waals surface area contributed by atoms with Crippen LogP contribution in [0.3, 0.4) is 0 Å². The summed E-state index contributed by atoms with van der Waals surface area (Å²) in [5.74, 6) is -0.462. The van der Waals surface area contributed by atoms with Crippen molar-refractivity contribution in [2.45, 2.75) is 37.6 Å². The van der Waals surface area contributed by atoms with Crippen molar-refractivity contribution in [3.63, 3.8) is 0 Å². The molecule has 0 saturated carbocycles. The van der Waals surface area contributed by atoms with Gasteiger partial charge in [-0.15, -0.1) is 0 Å². The Morgan fingerprint density at radius 2 is 2.00 bits per heavy atom. The van der Waals surface area contributed by atoms with E-state index in [1.54, 1.807) is 29.2 Å². The molecule has 2 bridgehead atoms. The summed E-state index contributed by atoms with van der Waals surface area (Å²) in [6, 6.07) is 11.1. The van der Waals surface area contributed by atoms with E-state index >= 15 is 0 Å². The summed E-state index contributed by atoms with van der Waals surface area (Å²) in [5.41, 5.74) is 1.19. The minimum absolute atomic E-state index is 0.0100. The standard InChI is InChI=1S/C27H29ClFN3O4/c28-22-9-8-18(14-23(22)29)16-31-11-12-32-24(17-31)26(33)30-15-20-5-3-4-19(36-20)10-13-35-25-7-2-1-6-21(25)27(32)34/h1-3,5-9,14,19-20,24H,4,10-13,15-17H2,(H,30,33)/t19-,20-,24-/m0/s1. The Morgan fingerprint density at radius 3 is 2.86 bits per heavy atom. The van der Waals surface area contributed by atoms with Gasteiger partial charge in [0.25, 0.3) is 5.91 Å². The second kappa shape index (κ2) is 11.0. The van der Waals surface area contributed by atoms with Gasteiger partial charge in [0, 0.05) is 39.1 Å². The summed E-state index contributed by atoms with van der Waals surface area (Å²) in [5, 5.41) is 3.06. The van der Waals surface area contributed by atoms with Crippen molar-refractivity contribution in [1.29, 1.82) is 0 Å². The van der Waals surface area contributed by atoms with Gasteiger partial charge in [-0.25, -0.2) is 4.39 Å². The molecule has 9 heteroatoms. The van der Waals surface area contributed by atoms with E-state index < -0.39 is 11.9 Å². The molecule has 0 unspecified atom stereocenters. The highest BCUT2D eigenvalue weighted by Gasteiger charge is 2.37. The van der Waals surface area contributed by atoms with Crippen LogP contribution in [0.15, 0.2) is 54.6 Å². The summed E-state index contributed by atoms with van der Waals surface area (Å²) >= 11 is 5.83. The molecule has 2 aromatic rings. The normalized spacial score (nSPS) is 25.3. The number of hydrogen-bond acceptors (Lipinski definition) is 5. The van der Waals surface area contributed by atoms with Gasteiger partial charge in [0.2, 0.25) is 5.91 Å². The zero-order valence-electron chi connectivity index (χ0n) is 19.9. The highest BCUT2D eigenvalue weighted by Crippen LogP contribution is 2.25. The van der Waals surface area contributed by atoms with Gasteiger partial charge in [-0.1, -0.05) is 42.0 Å². The van der Waals surface area contributed by atoms with Gasteiger partial charge in [-0.3, -0.25) is 14.5 Å². The van der Waals surface area contributed by atoms with Crippen molar-refractivity contribution >= 4 is 23.4 Å². The number of carbonyl (C=O) groups is 2. The molecule has 0 spiro atoms. The molecule has 2 aromatic carbocycles. The zero-order valence-corrected chi connectivity index (χ0v) is 20.6. The molecule has 1 N–H and O–H groups in total. The zero-order chi connectivity index (χ0) is 25.1. The SMILES string of the molecule is O=C1NC[C@@H]2C=CC[C@@H](CCOc3ccccc3C(=O)N3CCN(Cc4ccc(Cl)c(F)c4)C[C@@H]13)O2. The summed E-state index contributed by atoms with van der Waals surface area (Å²) in [6.45, 7) is 2.40. The van der Waals surface area contributed by atoms with Crippen LogP contribution >= 0.6 is 11.6 Å². The molecule has 3 atom stereocenters. The predicted molar refractivity (Wildman–Crippen MR) is 133 cm³/mol. The number of piperazine rings is 1. The maximum absolute atomic E-state index is 14.0. The number of fused-ring (bicyclic) bond motifs is 4. The van der Waals surface area contributed by atoms with Gasteiger partial charge in [0.1, 0.15) is 17.6 Å². The predicted octanol–water partition coefficient (Wildman–Crippen LogP) is 3.42. The first-order chi connectivity index (χ1) is 17.5. The molecule has 5 rings (SSSR count). The van der Waals surface area contributed by atoms with Crippen LogP contribution in [0.5, 0.6) is 5.75 Å². The molecule has 3 aliphatic rings. The van der Waals surface area contributed by atoms with Crippen molar-refractivity contribution < 1.29 is 23.5 Å². The number of para-hydroxylation sites is 1. The van der Waals surface area contributed by atoms with Crippen molar-refractivity contribution in [3.8, 4) is 5.75 Å². The lowest BCUT2D eigenvalue weighted by atomic mass is 10.1. The lowest BCUT2D eigenvalue weighted by Gasteiger charge is -2.41. The second-order valence-electron chi connectivity index (χ2n) is 9.34. The van der Waals surface area contributed by atoms with E-state index in [4.69, 9.17) is 21.1 Å². The number of nitrogens with one attached hydrogen (secondary N) is 1. The quantitative estimate of drug-likeness (QED) is 0.623. The molecular weight excluding hydrogens is 485 g/mol. The molecule has 0 aliphatic carbocycles. The fraction of sp³-hybridized carbons (Fsp3) is 0.407. The van der Waals surface area contributed by atoms with Crippen LogP contribution in [0.2, 0.25) is 5.02 Å². The van der Waals surface area contributed by atoms with E-state index in [9.17, 15) is 14.0 Å². The van der Waals surface area contributed by atoms with Crippen LogP contribution in [-0.4, -0.2) is 72.6 Å². The molecule has 0 radical (unpaired) electrons. The number of halogens is 2. The minimum Gasteiger partial charge on any atom is -0.493 e. The molecule has 7 nitrogen and oxygen atoms in total.